The molecule has 3 aromatic rings. The first-order valence-electron chi connectivity index (χ1n) is 8.37. The van der Waals surface area contributed by atoms with Crippen LogP contribution in [0.2, 0.25) is 0 Å². The normalized spacial score (nSPS) is 14.7. The Morgan fingerprint density at radius 2 is 2.13 bits per heavy atom. The maximum Gasteiger partial charge on any atom is 0.150 e. The Morgan fingerprint density at radius 1 is 1.30 bits per heavy atom. The molecule has 4 rings (SSSR count). The van der Waals surface area contributed by atoms with Crippen molar-refractivity contribution in [3.8, 4) is 5.75 Å². The van der Waals surface area contributed by atoms with Crippen LogP contribution in [-0.2, 0) is 6.42 Å². The molecule has 0 saturated heterocycles. The van der Waals surface area contributed by atoms with Crippen molar-refractivity contribution in [3.63, 3.8) is 0 Å². The van der Waals surface area contributed by atoms with E-state index in [0.29, 0.717) is 5.82 Å². The summed E-state index contributed by atoms with van der Waals surface area (Å²) in [6.07, 6.45) is 4.54. The Kier molecular flexibility index (Phi) is 3.36. The van der Waals surface area contributed by atoms with Crippen LogP contribution in [0.3, 0.4) is 0 Å². The van der Waals surface area contributed by atoms with Gasteiger partial charge in [-0.15, -0.1) is 0 Å². The summed E-state index contributed by atoms with van der Waals surface area (Å²) in [5, 5.41) is 0. The molecule has 0 amide bonds. The highest BCUT2D eigenvalue weighted by atomic mass is 16.5. The quantitative estimate of drug-likeness (QED) is 0.783. The molecule has 2 heterocycles. The summed E-state index contributed by atoms with van der Waals surface area (Å²) in [6.45, 7) is 4.96. The predicted molar refractivity (Wildman–Crippen MR) is 91.9 cm³/mol. The van der Waals surface area contributed by atoms with Gasteiger partial charge in [-0.1, -0.05) is 6.92 Å². The largest absolute Gasteiger partial charge is 0.493 e. The van der Waals surface area contributed by atoms with Crippen LogP contribution in [0.4, 0.5) is 5.82 Å². The second-order valence-electron chi connectivity index (χ2n) is 6.45. The van der Waals surface area contributed by atoms with Crippen molar-refractivity contribution in [2.45, 2.75) is 39.5 Å². The zero-order valence-electron chi connectivity index (χ0n) is 13.7. The van der Waals surface area contributed by atoms with Gasteiger partial charge >= 0.3 is 0 Å². The van der Waals surface area contributed by atoms with Crippen molar-refractivity contribution in [2.75, 3.05) is 12.3 Å². The van der Waals surface area contributed by atoms with Crippen molar-refractivity contribution in [2.24, 2.45) is 5.92 Å². The molecule has 1 saturated carbocycles. The number of hydrogen-bond donors (Lipinski definition) is 1. The van der Waals surface area contributed by atoms with E-state index in [4.69, 9.17) is 15.5 Å². The number of nitrogen functional groups attached to an aromatic ring is 1. The Morgan fingerprint density at radius 3 is 2.87 bits per heavy atom. The Balaban J connectivity index is 1.90. The minimum Gasteiger partial charge on any atom is -0.493 e. The van der Waals surface area contributed by atoms with Gasteiger partial charge in [0.25, 0.3) is 0 Å². The lowest BCUT2D eigenvalue weighted by molar-refractivity contribution is 0.300. The Labute approximate surface area is 135 Å². The van der Waals surface area contributed by atoms with Gasteiger partial charge in [-0.2, -0.15) is 0 Å². The van der Waals surface area contributed by atoms with E-state index in [-0.39, 0.29) is 0 Å². The minimum absolute atomic E-state index is 0.538. The molecule has 1 fully saturated rings. The summed E-state index contributed by atoms with van der Waals surface area (Å²) in [6, 6.07) is 6.03. The number of benzene rings is 1. The van der Waals surface area contributed by atoms with E-state index in [2.05, 4.69) is 22.4 Å². The van der Waals surface area contributed by atoms with Gasteiger partial charge in [0, 0.05) is 12.5 Å². The minimum atomic E-state index is 0.538. The van der Waals surface area contributed by atoms with Crippen LogP contribution in [0.1, 0.15) is 37.7 Å². The Bertz CT molecular complexity index is 880. The number of nitrogens with zero attached hydrogens (tertiary/aromatic N) is 3. The third kappa shape index (κ3) is 2.50. The molecule has 0 aliphatic heterocycles. The average molecular weight is 310 g/mol. The fourth-order valence-electron chi connectivity index (χ4n) is 3.09. The van der Waals surface area contributed by atoms with Gasteiger partial charge in [0.05, 0.1) is 23.3 Å². The number of nitrogens with two attached hydrogens (primary N) is 1. The van der Waals surface area contributed by atoms with Gasteiger partial charge in [0.1, 0.15) is 22.9 Å². The zero-order valence-corrected chi connectivity index (χ0v) is 13.7. The number of ether oxygens (including phenoxy) is 1. The molecule has 120 valence electrons. The van der Waals surface area contributed by atoms with Crippen LogP contribution in [0, 0.1) is 12.8 Å². The van der Waals surface area contributed by atoms with Crippen molar-refractivity contribution >= 4 is 22.4 Å². The van der Waals surface area contributed by atoms with Crippen LogP contribution in [0.5, 0.6) is 5.75 Å². The van der Waals surface area contributed by atoms with Gasteiger partial charge in [0.15, 0.2) is 0 Å². The van der Waals surface area contributed by atoms with Gasteiger partial charge in [-0.05, 0) is 44.2 Å². The van der Waals surface area contributed by atoms with Gasteiger partial charge in [0.2, 0.25) is 0 Å². The van der Waals surface area contributed by atoms with Gasteiger partial charge < -0.3 is 10.5 Å². The molecule has 1 aliphatic carbocycles. The monoisotopic (exact) mass is 310 g/mol. The fourth-order valence-corrected chi connectivity index (χ4v) is 3.09. The number of hydrogen-bond acceptors (Lipinski definition) is 4. The van der Waals surface area contributed by atoms with E-state index in [9.17, 15) is 0 Å². The predicted octanol–water partition coefficient (Wildman–Crippen LogP) is 3.51. The number of rotatable bonds is 5. The van der Waals surface area contributed by atoms with Crippen LogP contribution in [0.25, 0.3) is 16.6 Å². The van der Waals surface area contributed by atoms with Crippen LogP contribution < -0.4 is 10.5 Å². The Hall–Kier alpha value is -2.30. The first-order valence-corrected chi connectivity index (χ1v) is 8.37. The SMILES string of the molecule is CCCc1nc(C)c2c(N)nc3ccc(OCC4CC4)cc3n12. The van der Waals surface area contributed by atoms with Crippen molar-refractivity contribution in [1.29, 1.82) is 0 Å². The topological polar surface area (TPSA) is 65.4 Å². The standard InChI is InChI=1S/C18H22N4O/c1-3-4-16-20-11(2)17-18(19)21-14-8-7-13(9-15(14)22(16)17)23-10-12-5-6-12/h7-9,12H,3-6,10H2,1-2H3,(H2,19,21). The molecule has 5 heteroatoms. The van der Waals surface area contributed by atoms with Crippen molar-refractivity contribution in [1.82, 2.24) is 14.4 Å². The third-order valence-electron chi connectivity index (χ3n) is 4.45. The molecule has 0 spiro atoms. The van der Waals surface area contributed by atoms with Gasteiger partial charge in [-0.3, -0.25) is 4.40 Å². The summed E-state index contributed by atoms with van der Waals surface area (Å²) >= 11 is 0. The van der Waals surface area contributed by atoms with E-state index in [0.717, 1.165) is 59.2 Å². The second-order valence-corrected chi connectivity index (χ2v) is 6.45. The van der Waals surface area contributed by atoms with E-state index in [1.165, 1.54) is 12.8 Å². The molecule has 1 aromatic carbocycles. The molecular weight excluding hydrogens is 288 g/mol. The lowest BCUT2D eigenvalue weighted by atomic mass is 10.2. The molecule has 23 heavy (non-hydrogen) atoms. The molecule has 0 atom stereocenters. The van der Waals surface area contributed by atoms with Crippen LogP contribution >= 0.6 is 0 Å². The smallest absolute Gasteiger partial charge is 0.150 e. The average Bonchev–Trinajstić information content (AvgIpc) is 3.30. The number of imidazole rings is 1. The summed E-state index contributed by atoms with van der Waals surface area (Å²) < 4.78 is 8.08. The molecule has 5 nitrogen and oxygen atoms in total. The number of aromatic nitrogens is 3. The third-order valence-corrected chi connectivity index (χ3v) is 4.45. The zero-order chi connectivity index (χ0) is 16.0. The van der Waals surface area contributed by atoms with E-state index in [1.54, 1.807) is 0 Å². The maximum absolute atomic E-state index is 6.17. The fraction of sp³-hybridized carbons (Fsp3) is 0.444. The van der Waals surface area contributed by atoms with Crippen molar-refractivity contribution < 1.29 is 4.74 Å². The first kappa shape index (κ1) is 14.3. The van der Waals surface area contributed by atoms with E-state index in [1.807, 2.05) is 19.1 Å². The molecule has 0 bridgehead atoms. The highest BCUT2D eigenvalue weighted by Gasteiger charge is 2.22. The van der Waals surface area contributed by atoms with Crippen LogP contribution in [0.15, 0.2) is 18.2 Å². The molecule has 1 aliphatic rings. The maximum atomic E-state index is 6.17. The number of anilines is 1. The number of fused-ring (bicyclic) bond motifs is 3. The van der Waals surface area contributed by atoms with E-state index >= 15 is 0 Å². The summed E-state index contributed by atoms with van der Waals surface area (Å²) in [5.74, 6) is 3.21. The highest BCUT2D eigenvalue weighted by molar-refractivity contribution is 5.86. The van der Waals surface area contributed by atoms with Crippen LogP contribution in [-0.4, -0.2) is 21.0 Å². The van der Waals surface area contributed by atoms with Crippen molar-refractivity contribution in [3.05, 3.63) is 29.7 Å². The number of aryl methyl sites for hydroxylation is 2. The lowest BCUT2D eigenvalue weighted by Gasteiger charge is -2.10. The first-order chi connectivity index (χ1) is 11.2. The van der Waals surface area contributed by atoms with Gasteiger partial charge in [-0.25, -0.2) is 9.97 Å². The summed E-state index contributed by atoms with van der Waals surface area (Å²) in [5.41, 5.74) is 9.92. The highest BCUT2D eigenvalue weighted by Crippen LogP contribution is 2.31. The molecule has 0 unspecified atom stereocenters. The second kappa shape index (κ2) is 5.41. The molecule has 2 N–H and O–H groups in total. The molecule has 0 radical (unpaired) electrons. The lowest BCUT2D eigenvalue weighted by Crippen LogP contribution is -2.03. The van der Waals surface area contributed by atoms with E-state index < -0.39 is 0 Å². The molecular formula is C18H22N4O. The summed E-state index contributed by atoms with van der Waals surface area (Å²) in [7, 11) is 0. The molecule has 2 aromatic heterocycles. The summed E-state index contributed by atoms with van der Waals surface area (Å²) in [4.78, 5) is 9.25.